The van der Waals surface area contributed by atoms with E-state index >= 15 is 0 Å². The van der Waals surface area contributed by atoms with Crippen molar-refractivity contribution in [1.29, 1.82) is 0 Å². The number of carboxylic acid groups (broad SMARTS) is 1. The van der Waals surface area contributed by atoms with Gasteiger partial charge in [0.2, 0.25) is 0 Å². The van der Waals surface area contributed by atoms with Gasteiger partial charge in [-0.3, -0.25) is 9.82 Å². The molecule has 0 saturated heterocycles. The van der Waals surface area contributed by atoms with E-state index in [0.29, 0.717) is 4.47 Å². The van der Waals surface area contributed by atoms with Gasteiger partial charge < -0.3 is 5.11 Å². The van der Waals surface area contributed by atoms with Crippen molar-refractivity contribution in [2.75, 3.05) is 4.72 Å². The molecule has 0 aliphatic heterocycles. The highest BCUT2D eigenvalue weighted by Gasteiger charge is 2.21. The Balaban J connectivity index is 2.48. The van der Waals surface area contributed by atoms with Crippen molar-refractivity contribution >= 4 is 37.6 Å². The van der Waals surface area contributed by atoms with Crippen LogP contribution in [0.2, 0.25) is 0 Å². The third-order valence-electron chi connectivity index (χ3n) is 2.25. The lowest BCUT2D eigenvalue weighted by atomic mass is 10.2. The van der Waals surface area contributed by atoms with Crippen LogP contribution in [0.4, 0.5) is 5.69 Å². The van der Waals surface area contributed by atoms with Gasteiger partial charge in [0.25, 0.3) is 10.0 Å². The zero-order chi connectivity index (χ0) is 14.0. The molecule has 100 valence electrons. The lowest BCUT2D eigenvalue weighted by molar-refractivity contribution is 0.0698. The summed E-state index contributed by atoms with van der Waals surface area (Å²) in [5, 5.41) is 14.7. The summed E-state index contributed by atoms with van der Waals surface area (Å²) in [6.45, 7) is 0. The molecule has 0 fully saturated rings. The molecule has 0 amide bonds. The van der Waals surface area contributed by atoms with Crippen LogP contribution in [-0.4, -0.2) is 29.7 Å². The first-order valence-corrected chi connectivity index (χ1v) is 7.23. The van der Waals surface area contributed by atoms with E-state index in [0.717, 1.165) is 0 Å². The molecular formula is C10H8BrN3O4S. The predicted octanol–water partition coefficient (Wildman–Crippen LogP) is 1.67. The number of nitrogens with one attached hydrogen (secondary N) is 2. The fraction of sp³-hybridized carbons (Fsp3) is 0. The Hall–Kier alpha value is -1.87. The average Bonchev–Trinajstić information content (AvgIpc) is 2.85. The van der Waals surface area contributed by atoms with Gasteiger partial charge in [0, 0.05) is 4.47 Å². The average molecular weight is 346 g/mol. The molecule has 0 bridgehead atoms. The topological polar surface area (TPSA) is 112 Å². The number of carboxylic acids is 1. The number of halogens is 1. The van der Waals surface area contributed by atoms with Crippen LogP contribution in [0.1, 0.15) is 10.4 Å². The van der Waals surface area contributed by atoms with Crippen molar-refractivity contribution in [1.82, 2.24) is 10.2 Å². The monoisotopic (exact) mass is 345 g/mol. The van der Waals surface area contributed by atoms with Gasteiger partial charge in [-0.15, -0.1) is 0 Å². The third kappa shape index (κ3) is 2.76. The summed E-state index contributed by atoms with van der Waals surface area (Å²) in [6.07, 6.45) is 1.28. The van der Waals surface area contributed by atoms with Gasteiger partial charge in [-0.2, -0.15) is 13.5 Å². The Kier molecular flexibility index (Phi) is 3.58. The second kappa shape index (κ2) is 5.02. The van der Waals surface area contributed by atoms with Crippen LogP contribution in [0, 0.1) is 0 Å². The molecule has 0 radical (unpaired) electrons. The van der Waals surface area contributed by atoms with Gasteiger partial charge in [0.15, 0.2) is 5.03 Å². The molecule has 0 aliphatic rings. The first kappa shape index (κ1) is 13.6. The summed E-state index contributed by atoms with van der Waals surface area (Å²) in [5.74, 6) is -1.23. The highest BCUT2D eigenvalue weighted by molar-refractivity contribution is 9.10. The maximum Gasteiger partial charge on any atom is 0.337 e. The minimum absolute atomic E-state index is 0.0374. The number of benzene rings is 1. The molecule has 2 rings (SSSR count). The second-order valence-corrected chi connectivity index (χ2v) is 6.00. The van der Waals surface area contributed by atoms with E-state index in [4.69, 9.17) is 5.11 Å². The first-order chi connectivity index (χ1) is 8.92. The number of aromatic nitrogens is 2. The molecule has 2 aromatic rings. The molecule has 1 aromatic heterocycles. The number of H-pyrrole nitrogens is 1. The van der Waals surface area contributed by atoms with Gasteiger partial charge in [0.1, 0.15) is 0 Å². The van der Waals surface area contributed by atoms with Gasteiger partial charge in [0.05, 0.1) is 17.4 Å². The van der Waals surface area contributed by atoms with Gasteiger partial charge in [-0.25, -0.2) is 4.79 Å². The van der Waals surface area contributed by atoms with Crippen molar-refractivity contribution in [3.05, 3.63) is 40.5 Å². The number of hydrogen-bond donors (Lipinski definition) is 3. The van der Waals surface area contributed by atoms with Crippen LogP contribution in [0.5, 0.6) is 0 Å². The Morgan fingerprint density at radius 1 is 1.37 bits per heavy atom. The molecule has 0 saturated carbocycles. The van der Waals surface area contributed by atoms with E-state index in [1.165, 1.54) is 30.5 Å². The standard InChI is InChI=1S/C10H8BrN3O4S/c11-7-3-1-2-6(10(15)16)9(7)14-19(17,18)8-4-5-12-13-8/h1-5,14H,(H,12,13)(H,15,16). The smallest absolute Gasteiger partial charge is 0.337 e. The lowest BCUT2D eigenvalue weighted by Crippen LogP contribution is -2.16. The number of sulfonamides is 1. The molecule has 7 nitrogen and oxygen atoms in total. The molecule has 19 heavy (non-hydrogen) atoms. The van der Waals surface area contributed by atoms with Gasteiger partial charge in [-0.05, 0) is 34.1 Å². The largest absolute Gasteiger partial charge is 0.478 e. The summed E-state index contributed by atoms with van der Waals surface area (Å²) in [7, 11) is -3.91. The van der Waals surface area contributed by atoms with E-state index in [1.54, 1.807) is 0 Å². The minimum Gasteiger partial charge on any atom is -0.478 e. The summed E-state index contributed by atoms with van der Waals surface area (Å²) < 4.78 is 26.5. The summed E-state index contributed by atoms with van der Waals surface area (Å²) in [6, 6.07) is 5.61. The number of hydrogen-bond acceptors (Lipinski definition) is 4. The molecular weight excluding hydrogens is 338 g/mol. The number of aromatic carboxylic acids is 1. The molecule has 1 heterocycles. The van der Waals surface area contributed by atoms with Crippen molar-refractivity contribution in [2.45, 2.75) is 5.03 Å². The zero-order valence-electron chi connectivity index (χ0n) is 9.29. The highest BCUT2D eigenvalue weighted by Crippen LogP contribution is 2.28. The second-order valence-electron chi connectivity index (χ2n) is 3.49. The fourth-order valence-electron chi connectivity index (χ4n) is 1.39. The lowest BCUT2D eigenvalue weighted by Gasteiger charge is -2.11. The summed E-state index contributed by atoms with van der Waals surface area (Å²) >= 11 is 3.12. The SMILES string of the molecule is O=C(O)c1cccc(Br)c1NS(=O)(=O)c1ccn[nH]1. The number of aromatic amines is 1. The van der Waals surface area contributed by atoms with E-state index < -0.39 is 16.0 Å². The molecule has 0 aliphatic carbocycles. The summed E-state index contributed by atoms with van der Waals surface area (Å²) in [5.41, 5.74) is -0.193. The van der Waals surface area contributed by atoms with Crippen LogP contribution < -0.4 is 4.72 Å². The molecule has 3 N–H and O–H groups in total. The van der Waals surface area contributed by atoms with E-state index in [9.17, 15) is 13.2 Å². The van der Waals surface area contributed by atoms with Crippen molar-refractivity contribution in [2.24, 2.45) is 0 Å². The van der Waals surface area contributed by atoms with Gasteiger partial charge in [-0.1, -0.05) is 6.07 Å². The van der Waals surface area contributed by atoms with E-state index in [1.807, 2.05) is 0 Å². The molecule has 1 aromatic carbocycles. The van der Waals surface area contributed by atoms with E-state index in [-0.39, 0.29) is 16.3 Å². The molecule has 0 spiro atoms. The number of anilines is 1. The number of para-hydroxylation sites is 1. The van der Waals surface area contributed by atoms with E-state index in [2.05, 4.69) is 30.8 Å². The molecule has 0 unspecified atom stereocenters. The van der Waals surface area contributed by atoms with Crippen molar-refractivity contribution in [3.63, 3.8) is 0 Å². The number of nitrogens with zero attached hydrogens (tertiary/aromatic N) is 1. The van der Waals surface area contributed by atoms with Crippen LogP contribution in [0.3, 0.4) is 0 Å². The highest BCUT2D eigenvalue weighted by atomic mass is 79.9. The Morgan fingerprint density at radius 3 is 2.68 bits per heavy atom. The van der Waals surface area contributed by atoms with Gasteiger partial charge >= 0.3 is 5.97 Å². The quantitative estimate of drug-likeness (QED) is 0.780. The fourth-order valence-corrected chi connectivity index (χ4v) is 3.00. The van der Waals surface area contributed by atoms with Crippen molar-refractivity contribution in [3.8, 4) is 0 Å². The number of rotatable bonds is 4. The van der Waals surface area contributed by atoms with Crippen molar-refractivity contribution < 1.29 is 18.3 Å². The minimum atomic E-state index is -3.91. The Morgan fingerprint density at radius 2 is 2.11 bits per heavy atom. The molecule has 9 heteroatoms. The van der Waals surface area contributed by atoms with Crippen LogP contribution in [-0.2, 0) is 10.0 Å². The normalized spacial score (nSPS) is 11.2. The predicted molar refractivity (Wildman–Crippen MR) is 70.5 cm³/mol. The van der Waals surface area contributed by atoms with Crippen LogP contribution in [0.25, 0.3) is 0 Å². The number of carbonyl (C=O) groups is 1. The van der Waals surface area contributed by atoms with Crippen LogP contribution >= 0.6 is 15.9 Å². The first-order valence-electron chi connectivity index (χ1n) is 4.96. The zero-order valence-corrected chi connectivity index (χ0v) is 11.7. The Labute approximate surface area is 116 Å². The van der Waals surface area contributed by atoms with Crippen LogP contribution in [0.15, 0.2) is 40.0 Å². The maximum absolute atomic E-state index is 12.0. The third-order valence-corrected chi connectivity index (χ3v) is 4.19. The summed E-state index contributed by atoms with van der Waals surface area (Å²) in [4.78, 5) is 11.1. The molecule has 0 atom stereocenters. The Bertz CT molecular complexity index is 712. The maximum atomic E-state index is 12.0.